The summed E-state index contributed by atoms with van der Waals surface area (Å²) in [5, 5.41) is 12.2. The van der Waals surface area contributed by atoms with Crippen molar-refractivity contribution in [2.75, 3.05) is 79.0 Å². The van der Waals surface area contributed by atoms with Crippen LogP contribution in [0.5, 0.6) is 0 Å². The molecule has 0 saturated carbocycles. The minimum absolute atomic E-state index is 0.223. The Balaban J connectivity index is 3.31. The fraction of sp³-hybridized carbons (Fsp3) is 0.900. The third-order valence-corrected chi connectivity index (χ3v) is 4.24. The summed E-state index contributed by atoms with van der Waals surface area (Å²) < 4.78 is 21.1. The highest BCUT2D eigenvalue weighted by Gasteiger charge is 2.03. The number of ketones is 1. The molecule has 0 heterocycles. The van der Waals surface area contributed by atoms with Gasteiger partial charge in [-0.1, -0.05) is 16.6 Å². The average Bonchev–Trinajstić information content (AvgIpc) is 2.83. The third-order valence-electron chi connectivity index (χ3n) is 4.24. The van der Waals surface area contributed by atoms with Gasteiger partial charge in [-0.15, -0.1) is 0 Å². The van der Waals surface area contributed by atoms with Crippen molar-refractivity contribution in [3.63, 3.8) is 0 Å². The molecule has 0 aromatic heterocycles. The lowest BCUT2D eigenvalue weighted by atomic mass is 10.1. The molecular weight excluding hydrogens is 448 g/mol. The van der Waals surface area contributed by atoms with Crippen LogP contribution in [0.2, 0.25) is 0 Å². The molecule has 0 saturated heterocycles. The van der Waals surface area contributed by atoms with E-state index in [2.05, 4.69) is 30.7 Å². The largest absolute Gasteiger partial charge is 0.379 e. The highest BCUT2D eigenvalue weighted by molar-refractivity contribution is 5.78. The lowest BCUT2D eigenvalue weighted by Crippen LogP contribution is -2.37. The molecule has 2 amide bonds. The summed E-state index contributed by atoms with van der Waals surface area (Å²) in [7, 11) is 0. The Hall–Kier alpha value is -2.60. The van der Waals surface area contributed by atoms with E-state index in [4.69, 9.17) is 30.0 Å². The first-order valence-electron chi connectivity index (χ1n) is 11.6. The summed E-state index contributed by atoms with van der Waals surface area (Å²) in [6, 6.07) is -0.244. The number of azide groups is 2. The molecular formula is C20H38N8O6. The fourth-order valence-corrected chi connectivity index (χ4v) is 2.57. The maximum Gasteiger partial charge on any atom is 0.314 e. The molecule has 0 aliphatic carbocycles. The Morgan fingerprint density at radius 3 is 1.76 bits per heavy atom. The molecule has 0 fully saturated rings. The van der Waals surface area contributed by atoms with Crippen LogP contribution in [0.1, 0.15) is 38.5 Å². The number of amides is 2. The molecule has 0 aromatic carbocycles. The van der Waals surface area contributed by atoms with Crippen molar-refractivity contribution in [2.24, 2.45) is 10.2 Å². The van der Waals surface area contributed by atoms with Gasteiger partial charge in [0, 0.05) is 55.5 Å². The van der Waals surface area contributed by atoms with Crippen LogP contribution in [0.25, 0.3) is 20.9 Å². The number of urea groups is 1. The van der Waals surface area contributed by atoms with E-state index in [0.29, 0.717) is 98.3 Å². The number of carbonyl (C=O) groups excluding carboxylic acids is 2. The van der Waals surface area contributed by atoms with Crippen molar-refractivity contribution in [1.82, 2.24) is 10.6 Å². The monoisotopic (exact) mass is 486 g/mol. The van der Waals surface area contributed by atoms with E-state index >= 15 is 0 Å². The van der Waals surface area contributed by atoms with Gasteiger partial charge < -0.3 is 29.6 Å². The van der Waals surface area contributed by atoms with Gasteiger partial charge in [-0.25, -0.2) is 4.79 Å². The van der Waals surface area contributed by atoms with Gasteiger partial charge in [-0.05, 0) is 30.3 Å². The van der Waals surface area contributed by atoms with Crippen molar-refractivity contribution in [3.8, 4) is 0 Å². The topological polar surface area (TPSA) is 193 Å². The van der Waals surface area contributed by atoms with Gasteiger partial charge in [0.05, 0.1) is 46.2 Å². The molecule has 34 heavy (non-hydrogen) atoms. The Morgan fingerprint density at radius 1 is 0.618 bits per heavy atom. The number of nitrogens with one attached hydrogen (secondary N) is 2. The zero-order valence-electron chi connectivity index (χ0n) is 19.9. The van der Waals surface area contributed by atoms with Gasteiger partial charge in [-0.3, -0.25) is 4.79 Å². The molecule has 0 aromatic rings. The van der Waals surface area contributed by atoms with E-state index < -0.39 is 0 Å². The SMILES string of the molecule is [N-]=[N+]=NCCOCCOCCCC(=O)CCCCCNC(=O)NCCOCCOCCN=[N+]=[N-]. The summed E-state index contributed by atoms with van der Waals surface area (Å²) in [5.74, 6) is 0.223. The van der Waals surface area contributed by atoms with Crippen LogP contribution in [0.3, 0.4) is 0 Å². The van der Waals surface area contributed by atoms with Crippen LogP contribution >= 0.6 is 0 Å². The molecule has 0 aliphatic heterocycles. The lowest BCUT2D eigenvalue weighted by Gasteiger charge is -2.08. The number of nitrogens with zero attached hydrogens (tertiary/aromatic N) is 6. The zero-order valence-corrected chi connectivity index (χ0v) is 19.9. The molecule has 2 N–H and O–H groups in total. The predicted octanol–water partition coefficient (Wildman–Crippen LogP) is 2.88. The van der Waals surface area contributed by atoms with Gasteiger partial charge in [0.25, 0.3) is 0 Å². The van der Waals surface area contributed by atoms with E-state index in [1.165, 1.54) is 0 Å². The summed E-state index contributed by atoms with van der Waals surface area (Å²) in [6.45, 7) is 4.89. The first-order valence-corrected chi connectivity index (χ1v) is 11.6. The van der Waals surface area contributed by atoms with Gasteiger partial charge in [0.15, 0.2) is 0 Å². The normalized spacial score (nSPS) is 10.2. The summed E-state index contributed by atoms with van der Waals surface area (Å²) in [6.07, 6.45) is 4.23. The fourth-order valence-electron chi connectivity index (χ4n) is 2.57. The smallest absolute Gasteiger partial charge is 0.314 e. The molecule has 0 aliphatic rings. The van der Waals surface area contributed by atoms with E-state index in [1.54, 1.807) is 0 Å². The second-order valence-corrected chi connectivity index (χ2v) is 6.99. The number of hydrogen-bond acceptors (Lipinski definition) is 8. The molecule has 0 radical (unpaired) electrons. The van der Waals surface area contributed by atoms with Crippen molar-refractivity contribution in [2.45, 2.75) is 38.5 Å². The molecule has 0 atom stereocenters. The van der Waals surface area contributed by atoms with Crippen molar-refractivity contribution in [1.29, 1.82) is 0 Å². The van der Waals surface area contributed by atoms with Crippen LogP contribution < -0.4 is 10.6 Å². The van der Waals surface area contributed by atoms with Crippen LogP contribution in [0, 0.1) is 0 Å². The van der Waals surface area contributed by atoms with Crippen molar-refractivity contribution in [3.05, 3.63) is 20.9 Å². The predicted molar refractivity (Wildman–Crippen MR) is 125 cm³/mol. The molecule has 0 rings (SSSR count). The van der Waals surface area contributed by atoms with Crippen molar-refractivity contribution < 1.29 is 28.5 Å². The van der Waals surface area contributed by atoms with E-state index in [1.807, 2.05) is 0 Å². The number of Topliss-reactive ketones (excluding diaryl/α,β-unsaturated/α-hetero) is 1. The lowest BCUT2D eigenvalue weighted by molar-refractivity contribution is -0.119. The molecule has 0 unspecified atom stereocenters. The quantitative estimate of drug-likeness (QED) is 0.0861. The average molecular weight is 487 g/mol. The summed E-state index contributed by atoms with van der Waals surface area (Å²) >= 11 is 0. The van der Waals surface area contributed by atoms with Crippen molar-refractivity contribution >= 4 is 11.8 Å². The number of hydrogen-bond donors (Lipinski definition) is 2. The number of ether oxygens (including phenoxy) is 4. The minimum Gasteiger partial charge on any atom is -0.379 e. The second-order valence-electron chi connectivity index (χ2n) is 6.99. The Morgan fingerprint density at radius 2 is 1.15 bits per heavy atom. The standard InChI is InChI=1S/C20H38N8O6/c21-27-25-9-13-33-16-15-31-11-4-6-19(29)5-2-1-3-7-23-20(30)24-8-12-32-17-18-34-14-10-26-28-22/h1-18H2,(H2,23,24,30). The second kappa shape index (κ2) is 26.7. The highest BCUT2D eigenvalue weighted by Crippen LogP contribution is 2.04. The first kappa shape index (κ1) is 31.4. The Bertz CT molecular complexity index is 560. The molecule has 0 spiro atoms. The van der Waals surface area contributed by atoms with Gasteiger partial charge in [0.2, 0.25) is 0 Å². The van der Waals surface area contributed by atoms with Gasteiger partial charge in [0.1, 0.15) is 5.78 Å². The highest BCUT2D eigenvalue weighted by atomic mass is 16.5. The molecule has 0 bridgehead atoms. The van der Waals surface area contributed by atoms with E-state index in [0.717, 1.165) is 19.3 Å². The molecule has 14 nitrogen and oxygen atoms in total. The molecule has 14 heteroatoms. The van der Waals surface area contributed by atoms with Gasteiger partial charge in [-0.2, -0.15) is 0 Å². The van der Waals surface area contributed by atoms with Crippen LogP contribution in [0.4, 0.5) is 4.79 Å². The summed E-state index contributed by atoms with van der Waals surface area (Å²) in [5.41, 5.74) is 16.2. The maximum absolute atomic E-state index is 11.9. The van der Waals surface area contributed by atoms with E-state index in [-0.39, 0.29) is 11.8 Å². The third kappa shape index (κ3) is 25.7. The van der Waals surface area contributed by atoms with Crippen LogP contribution in [-0.4, -0.2) is 90.8 Å². The van der Waals surface area contributed by atoms with E-state index in [9.17, 15) is 9.59 Å². The number of carbonyl (C=O) groups is 2. The minimum atomic E-state index is -0.244. The van der Waals surface area contributed by atoms with Crippen LogP contribution in [-0.2, 0) is 23.7 Å². The first-order chi connectivity index (χ1) is 16.7. The Labute approximate surface area is 200 Å². The number of unbranched alkanes of at least 4 members (excludes halogenated alkanes) is 2. The zero-order chi connectivity index (χ0) is 25.0. The number of rotatable bonds is 25. The molecule has 194 valence electrons. The van der Waals surface area contributed by atoms with Gasteiger partial charge >= 0.3 is 6.03 Å². The summed E-state index contributed by atoms with van der Waals surface area (Å²) in [4.78, 5) is 28.8. The Kier molecular flexibility index (Phi) is 24.6. The maximum atomic E-state index is 11.9. The van der Waals surface area contributed by atoms with Crippen LogP contribution in [0.15, 0.2) is 10.2 Å².